The van der Waals surface area contributed by atoms with Gasteiger partial charge in [0.1, 0.15) is 11.6 Å². The molecule has 1 rings (SSSR count). The fourth-order valence-corrected chi connectivity index (χ4v) is 1.84. The van der Waals surface area contributed by atoms with Gasteiger partial charge in [0.25, 0.3) is 0 Å². The Labute approximate surface area is 122 Å². The van der Waals surface area contributed by atoms with Crippen LogP contribution < -0.4 is 5.32 Å². The van der Waals surface area contributed by atoms with Crippen LogP contribution in [0.5, 0.6) is 0 Å². The Morgan fingerprint density at radius 1 is 1.38 bits per heavy atom. The van der Waals surface area contributed by atoms with Gasteiger partial charge in [0.2, 0.25) is 5.91 Å². The number of rotatable bonds is 8. The lowest BCUT2D eigenvalue weighted by molar-refractivity contribution is -0.116. The maximum atomic E-state index is 13.0. The largest absolute Gasteiger partial charge is 0.389 e. The topological polar surface area (TPSA) is 61.8 Å². The summed E-state index contributed by atoms with van der Waals surface area (Å²) in [6, 6.07) is 2.83. The second-order valence-electron chi connectivity index (χ2n) is 4.83. The number of amides is 1. The van der Waals surface area contributed by atoms with Crippen LogP contribution in [-0.2, 0) is 9.53 Å². The van der Waals surface area contributed by atoms with Gasteiger partial charge in [-0.05, 0) is 19.2 Å². The summed E-state index contributed by atoms with van der Waals surface area (Å²) < 4.78 is 30.7. The van der Waals surface area contributed by atoms with E-state index < -0.39 is 17.7 Å². The first-order valence-corrected chi connectivity index (χ1v) is 6.52. The molecule has 0 bridgehead atoms. The Balaban J connectivity index is 2.36. The second-order valence-corrected chi connectivity index (χ2v) is 4.83. The highest BCUT2D eigenvalue weighted by Gasteiger charge is 2.10. The summed E-state index contributed by atoms with van der Waals surface area (Å²) in [6.07, 6.45) is -0.477. The number of carbonyl (C=O) groups excluding carboxylic acids is 1. The molecule has 1 amide bonds. The summed E-state index contributed by atoms with van der Waals surface area (Å²) in [5.74, 6) is -1.84. The fraction of sp³-hybridized carbons (Fsp3) is 0.500. The maximum absolute atomic E-state index is 13.0. The zero-order valence-corrected chi connectivity index (χ0v) is 12.1. The zero-order valence-electron chi connectivity index (χ0n) is 12.1. The average molecular weight is 302 g/mol. The molecule has 0 aliphatic rings. The van der Waals surface area contributed by atoms with Crippen LogP contribution in [-0.4, -0.2) is 55.9 Å². The van der Waals surface area contributed by atoms with Crippen molar-refractivity contribution >= 4 is 11.6 Å². The monoisotopic (exact) mass is 302 g/mol. The smallest absolute Gasteiger partial charge is 0.225 e. The molecule has 5 nitrogen and oxygen atoms in total. The van der Waals surface area contributed by atoms with E-state index in [1.807, 2.05) is 0 Å². The van der Waals surface area contributed by atoms with Gasteiger partial charge in [-0.2, -0.15) is 0 Å². The number of aliphatic hydroxyl groups is 1. The van der Waals surface area contributed by atoms with E-state index in [0.29, 0.717) is 13.1 Å². The molecular weight excluding hydrogens is 282 g/mol. The van der Waals surface area contributed by atoms with Crippen molar-refractivity contribution in [3.8, 4) is 0 Å². The van der Waals surface area contributed by atoms with Gasteiger partial charge in [-0.3, -0.25) is 4.79 Å². The van der Waals surface area contributed by atoms with Crippen LogP contribution in [0.4, 0.5) is 14.5 Å². The third-order valence-corrected chi connectivity index (χ3v) is 2.75. The Morgan fingerprint density at radius 2 is 2.00 bits per heavy atom. The van der Waals surface area contributed by atoms with Crippen LogP contribution in [0.2, 0.25) is 0 Å². The fourth-order valence-electron chi connectivity index (χ4n) is 1.84. The molecule has 2 N–H and O–H groups in total. The number of anilines is 1. The summed E-state index contributed by atoms with van der Waals surface area (Å²) in [7, 11) is 3.25. The van der Waals surface area contributed by atoms with Gasteiger partial charge < -0.3 is 20.1 Å². The molecule has 0 saturated heterocycles. The molecule has 0 saturated carbocycles. The van der Waals surface area contributed by atoms with Crippen LogP contribution >= 0.6 is 0 Å². The van der Waals surface area contributed by atoms with E-state index in [1.165, 1.54) is 7.11 Å². The first-order valence-electron chi connectivity index (χ1n) is 6.52. The number of likely N-dealkylation sites (N-methyl/N-ethyl adjacent to an activating group) is 1. The van der Waals surface area contributed by atoms with Crippen molar-refractivity contribution in [2.75, 3.05) is 39.2 Å². The number of nitrogens with zero attached hydrogens (tertiary/aromatic N) is 1. The van der Waals surface area contributed by atoms with Gasteiger partial charge in [-0.15, -0.1) is 0 Å². The van der Waals surface area contributed by atoms with Gasteiger partial charge in [0.15, 0.2) is 0 Å². The van der Waals surface area contributed by atoms with Crippen LogP contribution in [0.15, 0.2) is 18.2 Å². The number of methoxy groups -OCH3 is 1. The minimum atomic E-state index is -0.745. The predicted octanol–water partition coefficient (Wildman–Crippen LogP) is 1.23. The SMILES string of the molecule is COCC(O)CN(C)CCC(=O)Nc1cc(F)cc(F)c1. The molecule has 0 heterocycles. The molecule has 0 aliphatic heterocycles. The molecule has 7 heteroatoms. The lowest BCUT2D eigenvalue weighted by Gasteiger charge is -2.19. The number of benzene rings is 1. The van der Waals surface area contributed by atoms with Crippen molar-refractivity contribution in [2.45, 2.75) is 12.5 Å². The Bertz CT molecular complexity index is 451. The van der Waals surface area contributed by atoms with E-state index in [2.05, 4.69) is 5.32 Å². The first kappa shape index (κ1) is 17.5. The maximum Gasteiger partial charge on any atom is 0.225 e. The predicted molar refractivity (Wildman–Crippen MR) is 75.0 cm³/mol. The lowest BCUT2D eigenvalue weighted by atomic mass is 10.2. The van der Waals surface area contributed by atoms with Crippen molar-refractivity contribution in [3.05, 3.63) is 29.8 Å². The Hall–Kier alpha value is -1.57. The number of nitrogens with one attached hydrogen (secondary N) is 1. The molecule has 0 aromatic heterocycles. The molecule has 21 heavy (non-hydrogen) atoms. The molecule has 0 fully saturated rings. The van der Waals surface area contributed by atoms with E-state index in [4.69, 9.17) is 4.74 Å². The van der Waals surface area contributed by atoms with Crippen molar-refractivity contribution in [1.82, 2.24) is 4.90 Å². The minimum absolute atomic E-state index is 0.0829. The molecule has 1 aromatic rings. The van der Waals surface area contributed by atoms with Crippen molar-refractivity contribution < 1.29 is 23.4 Å². The molecular formula is C14H20F2N2O3. The normalized spacial score (nSPS) is 12.5. The molecule has 1 aromatic carbocycles. The van der Waals surface area contributed by atoms with E-state index in [0.717, 1.165) is 18.2 Å². The van der Waals surface area contributed by atoms with Crippen molar-refractivity contribution in [2.24, 2.45) is 0 Å². The van der Waals surface area contributed by atoms with Crippen LogP contribution in [0, 0.1) is 11.6 Å². The minimum Gasteiger partial charge on any atom is -0.389 e. The quantitative estimate of drug-likeness (QED) is 0.758. The molecule has 0 radical (unpaired) electrons. The van der Waals surface area contributed by atoms with E-state index >= 15 is 0 Å². The highest BCUT2D eigenvalue weighted by molar-refractivity contribution is 5.90. The number of ether oxygens (including phenoxy) is 1. The van der Waals surface area contributed by atoms with Gasteiger partial charge in [0, 0.05) is 38.4 Å². The Morgan fingerprint density at radius 3 is 2.57 bits per heavy atom. The van der Waals surface area contributed by atoms with Crippen LogP contribution in [0.25, 0.3) is 0 Å². The van der Waals surface area contributed by atoms with E-state index in [-0.39, 0.29) is 24.6 Å². The third-order valence-electron chi connectivity index (χ3n) is 2.75. The summed E-state index contributed by atoms with van der Waals surface area (Å²) in [5, 5.41) is 12.0. The molecule has 1 unspecified atom stereocenters. The van der Waals surface area contributed by atoms with Crippen LogP contribution in [0.3, 0.4) is 0 Å². The van der Waals surface area contributed by atoms with E-state index in [1.54, 1.807) is 11.9 Å². The summed E-state index contributed by atoms with van der Waals surface area (Å²) in [6.45, 7) is 0.999. The number of aliphatic hydroxyl groups excluding tert-OH is 1. The van der Waals surface area contributed by atoms with Crippen LogP contribution in [0.1, 0.15) is 6.42 Å². The Kier molecular flexibility index (Phi) is 7.21. The molecule has 0 spiro atoms. The van der Waals surface area contributed by atoms with Crippen molar-refractivity contribution in [3.63, 3.8) is 0 Å². The van der Waals surface area contributed by atoms with Gasteiger partial charge in [0.05, 0.1) is 12.7 Å². The number of hydrogen-bond acceptors (Lipinski definition) is 4. The average Bonchev–Trinajstić information content (AvgIpc) is 2.35. The lowest BCUT2D eigenvalue weighted by Crippen LogP contribution is -2.33. The number of carbonyl (C=O) groups is 1. The number of hydrogen-bond donors (Lipinski definition) is 2. The third kappa shape index (κ3) is 7.12. The second kappa shape index (κ2) is 8.66. The standard InChI is InChI=1S/C14H20F2N2O3/c1-18(8-13(19)9-21-2)4-3-14(20)17-12-6-10(15)5-11(16)7-12/h5-7,13,19H,3-4,8-9H2,1-2H3,(H,17,20). The summed E-state index contributed by atoms with van der Waals surface area (Å²) in [5.41, 5.74) is 0.0829. The summed E-state index contributed by atoms with van der Waals surface area (Å²) >= 11 is 0. The number of halogens is 2. The van der Waals surface area contributed by atoms with Gasteiger partial charge in [-0.1, -0.05) is 0 Å². The highest BCUT2D eigenvalue weighted by Crippen LogP contribution is 2.13. The molecule has 118 valence electrons. The van der Waals surface area contributed by atoms with Gasteiger partial charge >= 0.3 is 0 Å². The van der Waals surface area contributed by atoms with E-state index in [9.17, 15) is 18.7 Å². The van der Waals surface area contributed by atoms with Crippen molar-refractivity contribution in [1.29, 1.82) is 0 Å². The molecule has 0 aliphatic carbocycles. The first-order chi connectivity index (χ1) is 9.90. The van der Waals surface area contributed by atoms with Gasteiger partial charge in [-0.25, -0.2) is 8.78 Å². The zero-order chi connectivity index (χ0) is 15.8. The highest BCUT2D eigenvalue weighted by atomic mass is 19.1. The summed E-state index contributed by atoms with van der Waals surface area (Å²) in [4.78, 5) is 13.5. The molecule has 1 atom stereocenters.